The number of hydrogen-bond donors (Lipinski definition) is 1. The first-order valence-corrected chi connectivity index (χ1v) is 7.69. The number of benzene rings is 2. The highest BCUT2D eigenvalue weighted by atomic mass is 19.1. The summed E-state index contributed by atoms with van der Waals surface area (Å²) in [5.74, 6) is -2.41. The van der Waals surface area contributed by atoms with Gasteiger partial charge in [-0.15, -0.1) is 0 Å². The van der Waals surface area contributed by atoms with Crippen molar-refractivity contribution in [2.75, 3.05) is 13.6 Å². The van der Waals surface area contributed by atoms with E-state index < -0.39 is 17.7 Å². The number of nitrogens with zero attached hydrogens (tertiary/aromatic N) is 1. The quantitative estimate of drug-likeness (QED) is 0.756. The van der Waals surface area contributed by atoms with E-state index in [9.17, 15) is 14.0 Å². The molecule has 1 atom stereocenters. The summed E-state index contributed by atoms with van der Waals surface area (Å²) < 4.78 is 13.0. The van der Waals surface area contributed by atoms with Crippen molar-refractivity contribution < 1.29 is 19.1 Å². The number of carbonyl (C=O) groups is 2. The van der Waals surface area contributed by atoms with E-state index in [4.69, 9.17) is 5.11 Å². The minimum atomic E-state index is -1.02. The van der Waals surface area contributed by atoms with E-state index >= 15 is 0 Å². The third-order valence-corrected chi connectivity index (χ3v) is 3.75. The molecule has 4 nitrogen and oxygen atoms in total. The minimum Gasteiger partial charge on any atom is -0.481 e. The monoisotopic (exact) mass is 329 g/mol. The Morgan fingerprint density at radius 1 is 1.08 bits per heavy atom. The van der Waals surface area contributed by atoms with Crippen LogP contribution in [0.15, 0.2) is 54.6 Å². The van der Waals surface area contributed by atoms with Crippen LogP contribution in [-0.4, -0.2) is 35.4 Å². The number of hydrogen-bond acceptors (Lipinski definition) is 3. The van der Waals surface area contributed by atoms with Crippen molar-refractivity contribution in [3.05, 3.63) is 71.5 Å². The first kappa shape index (κ1) is 17.8. The van der Waals surface area contributed by atoms with E-state index in [1.807, 2.05) is 42.3 Å². The molecule has 0 aliphatic carbocycles. The molecule has 2 aromatic carbocycles. The van der Waals surface area contributed by atoms with Gasteiger partial charge >= 0.3 is 5.97 Å². The lowest BCUT2D eigenvalue weighted by Crippen LogP contribution is -2.32. The highest BCUT2D eigenvalue weighted by Crippen LogP contribution is 2.16. The maximum atomic E-state index is 13.0. The van der Waals surface area contributed by atoms with E-state index in [0.29, 0.717) is 18.7 Å². The van der Waals surface area contributed by atoms with Crippen LogP contribution in [0.5, 0.6) is 0 Å². The van der Waals surface area contributed by atoms with Gasteiger partial charge < -0.3 is 10.0 Å². The fraction of sp³-hybridized carbons (Fsp3) is 0.263. The Hall–Kier alpha value is -2.53. The van der Waals surface area contributed by atoms with Crippen molar-refractivity contribution in [2.24, 2.45) is 5.92 Å². The second-order valence-corrected chi connectivity index (χ2v) is 5.85. The van der Waals surface area contributed by atoms with Gasteiger partial charge in [0.1, 0.15) is 5.82 Å². The maximum absolute atomic E-state index is 13.0. The van der Waals surface area contributed by atoms with Crippen molar-refractivity contribution in [3.8, 4) is 0 Å². The molecule has 0 amide bonds. The van der Waals surface area contributed by atoms with Gasteiger partial charge in [-0.3, -0.25) is 9.59 Å². The molecule has 0 heterocycles. The van der Waals surface area contributed by atoms with Gasteiger partial charge in [-0.1, -0.05) is 30.3 Å². The summed E-state index contributed by atoms with van der Waals surface area (Å²) in [6.07, 6.45) is -0.255. The lowest BCUT2D eigenvalue weighted by molar-refractivity contribution is -0.137. The zero-order valence-electron chi connectivity index (χ0n) is 13.5. The molecule has 0 aliphatic heterocycles. The maximum Gasteiger partial charge on any atom is 0.304 e. The number of carbonyl (C=O) groups excluding carboxylic acids is 1. The van der Waals surface area contributed by atoms with Gasteiger partial charge in [0.05, 0.1) is 6.42 Å². The van der Waals surface area contributed by atoms with E-state index in [1.165, 1.54) is 24.3 Å². The molecule has 2 aromatic rings. The number of ketones is 1. The van der Waals surface area contributed by atoms with Gasteiger partial charge in [0.2, 0.25) is 0 Å². The molecule has 5 heteroatoms. The standard InChI is InChI=1S/C19H20FNO3/c1-21(12-14-5-3-2-4-6-14)13-16(11-18(22)23)19(24)15-7-9-17(20)10-8-15/h2-10,16H,11-13H2,1H3,(H,22,23). The van der Waals surface area contributed by atoms with Gasteiger partial charge in [0.25, 0.3) is 0 Å². The molecule has 0 aliphatic rings. The molecule has 126 valence electrons. The normalized spacial score (nSPS) is 12.1. The SMILES string of the molecule is CN(Cc1ccccc1)CC(CC(=O)O)C(=O)c1ccc(F)cc1. The zero-order chi connectivity index (χ0) is 17.5. The smallest absolute Gasteiger partial charge is 0.304 e. The number of halogens is 1. The predicted molar refractivity (Wildman–Crippen MR) is 89.2 cm³/mol. The van der Waals surface area contributed by atoms with Crippen LogP contribution in [0.2, 0.25) is 0 Å². The largest absolute Gasteiger partial charge is 0.481 e. The molecule has 2 rings (SSSR count). The van der Waals surface area contributed by atoms with E-state index in [2.05, 4.69) is 0 Å². The molecular weight excluding hydrogens is 309 g/mol. The van der Waals surface area contributed by atoms with Crippen LogP contribution in [-0.2, 0) is 11.3 Å². The molecule has 24 heavy (non-hydrogen) atoms. The van der Waals surface area contributed by atoms with Crippen LogP contribution in [0, 0.1) is 11.7 Å². The van der Waals surface area contributed by atoms with Crippen LogP contribution >= 0.6 is 0 Å². The second kappa shape index (κ2) is 8.36. The van der Waals surface area contributed by atoms with Crippen molar-refractivity contribution in [1.29, 1.82) is 0 Å². The van der Waals surface area contributed by atoms with Gasteiger partial charge in [0.15, 0.2) is 5.78 Å². The molecule has 0 bridgehead atoms. The molecule has 0 fully saturated rings. The second-order valence-electron chi connectivity index (χ2n) is 5.85. The van der Waals surface area contributed by atoms with Gasteiger partial charge in [-0.2, -0.15) is 0 Å². The first-order chi connectivity index (χ1) is 11.5. The lowest BCUT2D eigenvalue weighted by atomic mass is 9.94. The Bertz CT molecular complexity index is 686. The molecule has 0 saturated carbocycles. The van der Waals surface area contributed by atoms with Crippen molar-refractivity contribution >= 4 is 11.8 Å². The molecule has 1 unspecified atom stereocenters. The summed E-state index contributed by atoms with van der Waals surface area (Å²) >= 11 is 0. The third kappa shape index (κ3) is 5.28. The van der Waals surface area contributed by atoms with Crippen LogP contribution in [0.3, 0.4) is 0 Å². The number of Topliss-reactive ketones (excluding diaryl/α,β-unsaturated/α-hetero) is 1. The Kier molecular flexibility index (Phi) is 6.21. The Labute approximate surface area is 140 Å². The van der Waals surface area contributed by atoms with E-state index in [-0.39, 0.29) is 12.2 Å². The highest BCUT2D eigenvalue weighted by Gasteiger charge is 2.24. The van der Waals surface area contributed by atoms with Crippen LogP contribution in [0.25, 0.3) is 0 Å². The fourth-order valence-corrected chi connectivity index (χ4v) is 2.64. The Balaban J connectivity index is 2.08. The molecule has 0 radical (unpaired) electrons. The third-order valence-electron chi connectivity index (χ3n) is 3.75. The molecule has 1 N–H and O–H groups in total. The van der Waals surface area contributed by atoms with E-state index in [1.54, 1.807) is 0 Å². The lowest BCUT2D eigenvalue weighted by Gasteiger charge is -2.22. The van der Waals surface area contributed by atoms with E-state index in [0.717, 1.165) is 5.56 Å². The first-order valence-electron chi connectivity index (χ1n) is 7.69. The number of aliphatic carboxylic acids is 1. The number of carboxylic acid groups (broad SMARTS) is 1. The van der Waals surface area contributed by atoms with Gasteiger partial charge in [-0.25, -0.2) is 4.39 Å². The van der Waals surface area contributed by atoms with Gasteiger partial charge in [0, 0.05) is 24.6 Å². The summed E-state index contributed by atoms with van der Waals surface area (Å²) in [7, 11) is 1.85. The summed E-state index contributed by atoms with van der Waals surface area (Å²) in [5, 5.41) is 9.10. The van der Waals surface area contributed by atoms with Crippen molar-refractivity contribution in [1.82, 2.24) is 4.90 Å². The summed E-state index contributed by atoms with van der Waals surface area (Å²) in [5.41, 5.74) is 1.42. The van der Waals surface area contributed by atoms with Gasteiger partial charge in [-0.05, 0) is 36.9 Å². The fourth-order valence-electron chi connectivity index (χ4n) is 2.64. The molecule has 0 saturated heterocycles. The highest BCUT2D eigenvalue weighted by molar-refractivity contribution is 5.99. The Morgan fingerprint density at radius 2 is 1.71 bits per heavy atom. The van der Waals surface area contributed by atoms with Crippen molar-refractivity contribution in [2.45, 2.75) is 13.0 Å². The van der Waals surface area contributed by atoms with Crippen molar-refractivity contribution in [3.63, 3.8) is 0 Å². The van der Waals surface area contributed by atoms with Crippen LogP contribution < -0.4 is 0 Å². The summed E-state index contributed by atoms with van der Waals surface area (Å²) in [6.45, 7) is 0.936. The topological polar surface area (TPSA) is 57.6 Å². The predicted octanol–water partition coefficient (Wildman–Crippen LogP) is 3.23. The molecule has 0 spiro atoms. The average Bonchev–Trinajstić information content (AvgIpc) is 2.55. The molecule has 0 aromatic heterocycles. The zero-order valence-corrected chi connectivity index (χ0v) is 13.5. The summed E-state index contributed by atoms with van der Waals surface area (Å²) in [6, 6.07) is 14.9. The number of carboxylic acids is 1. The minimum absolute atomic E-state index is 0.255. The average molecular weight is 329 g/mol. The molecular formula is C19H20FNO3. The van der Waals surface area contributed by atoms with Crippen LogP contribution in [0.4, 0.5) is 4.39 Å². The van der Waals surface area contributed by atoms with Crippen LogP contribution in [0.1, 0.15) is 22.3 Å². The number of rotatable bonds is 8. The Morgan fingerprint density at radius 3 is 2.29 bits per heavy atom. The summed E-state index contributed by atoms with van der Waals surface area (Å²) in [4.78, 5) is 25.6.